The first kappa shape index (κ1) is 12.0. The van der Waals surface area contributed by atoms with E-state index in [0.717, 1.165) is 11.3 Å². The Labute approximate surface area is 89.9 Å². The second kappa shape index (κ2) is 5.70. The predicted octanol–water partition coefficient (Wildman–Crippen LogP) is 0.0538. The molecule has 0 aliphatic heterocycles. The Bertz CT molecular complexity index is 304. The minimum atomic E-state index is -0.695. The van der Waals surface area contributed by atoms with E-state index < -0.39 is 6.10 Å². The zero-order valence-corrected chi connectivity index (χ0v) is 8.93. The summed E-state index contributed by atoms with van der Waals surface area (Å²) in [5.41, 5.74) is 7.58. The van der Waals surface area contributed by atoms with E-state index in [9.17, 15) is 5.11 Å². The van der Waals surface area contributed by atoms with Crippen LogP contribution >= 0.6 is 0 Å². The van der Waals surface area contributed by atoms with E-state index in [4.69, 9.17) is 10.8 Å². The number of aliphatic hydroxyl groups is 2. The number of hydrogen-bond acceptors (Lipinski definition) is 4. The summed E-state index contributed by atoms with van der Waals surface area (Å²) in [5, 5.41) is 18.0. The molecule has 1 aromatic rings. The van der Waals surface area contributed by atoms with Gasteiger partial charge in [0.25, 0.3) is 0 Å². The molecule has 1 unspecified atom stereocenters. The van der Waals surface area contributed by atoms with Gasteiger partial charge in [-0.2, -0.15) is 0 Å². The van der Waals surface area contributed by atoms with Gasteiger partial charge in [-0.15, -0.1) is 0 Å². The van der Waals surface area contributed by atoms with Gasteiger partial charge in [0.2, 0.25) is 0 Å². The van der Waals surface area contributed by atoms with Gasteiger partial charge in [-0.05, 0) is 18.7 Å². The van der Waals surface area contributed by atoms with Gasteiger partial charge in [0.1, 0.15) is 0 Å². The highest BCUT2D eigenvalue weighted by molar-refractivity contribution is 5.46. The van der Waals surface area contributed by atoms with Crippen LogP contribution in [0, 0.1) is 0 Å². The van der Waals surface area contributed by atoms with Crippen LogP contribution in [-0.4, -0.2) is 41.4 Å². The van der Waals surface area contributed by atoms with Gasteiger partial charge < -0.3 is 15.9 Å². The number of anilines is 1. The number of likely N-dealkylation sites (N-methyl/N-ethyl adjacent to an activating group) is 1. The van der Waals surface area contributed by atoms with Crippen molar-refractivity contribution < 1.29 is 10.2 Å². The Morgan fingerprint density at radius 3 is 2.67 bits per heavy atom. The first-order valence-electron chi connectivity index (χ1n) is 4.94. The summed E-state index contributed by atoms with van der Waals surface area (Å²) in [6.07, 6.45) is -0.695. The first-order valence-corrected chi connectivity index (χ1v) is 4.94. The molecule has 0 aliphatic rings. The van der Waals surface area contributed by atoms with E-state index >= 15 is 0 Å². The molecule has 4 heteroatoms. The van der Waals surface area contributed by atoms with Gasteiger partial charge >= 0.3 is 0 Å². The van der Waals surface area contributed by atoms with E-state index in [0.29, 0.717) is 13.1 Å². The Kier molecular flexibility index (Phi) is 4.55. The fraction of sp³-hybridized carbons (Fsp3) is 0.455. The van der Waals surface area contributed by atoms with Crippen molar-refractivity contribution in [1.29, 1.82) is 0 Å². The van der Waals surface area contributed by atoms with Crippen molar-refractivity contribution in [1.82, 2.24) is 4.90 Å². The van der Waals surface area contributed by atoms with Crippen molar-refractivity contribution in [2.75, 3.05) is 25.9 Å². The molecule has 1 aromatic carbocycles. The summed E-state index contributed by atoms with van der Waals surface area (Å²) in [6.45, 7) is 0.892. The molecule has 1 atom stereocenters. The van der Waals surface area contributed by atoms with Crippen LogP contribution in [0.1, 0.15) is 5.56 Å². The smallest absolute Gasteiger partial charge is 0.0897 e. The topological polar surface area (TPSA) is 69.7 Å². The third kappa shape index (κ3) is 3.87. The van der Waals surface area contributed by atoms with Crippen LogP contribution in [0.15, 0.2) is 24.3 Å². The molecule has 15 heavy (non-hydrogen) atoms. The van der Waals surface area contributed by atoms with Crippen LogP contribution in [0.3, 0.4) is 0 Å². The Balaban J connectivity index is 2.51. The molecule has 0 saturated carbocycles. The molecular formula is C11H18N2O2. The van der Waals surface area contributed by atoms with Gasteiger partial charge in [-0.1, -0.05) is 18.2 Å². The Morgan fingerprint density at radius 2 is 2.07 bits per heavy atom. The molecule has 1 rings (SSSR count). The lowest BCUT2D eigenvalue weighted by Crippen LogP contribution is -2.31. The number of benzene rings is 1. The maximum absolute atomic E-state index is 9.25. The van der Waals surface area contributed by atoms with Crippen molar-refractivity contribution in [2.45, 2.75) is 12.6 Å². The zero-order chi connectivity index (χ0) is 11.3. The number of hydrogen-bond donors (Lipinski definition) is 3. The zero-order valence-electron chi connectivity index (χ0n) is 8.93. The third-order valence-corrected chi connectivity index (χ3v) is 2.23. The van der Waals surface area contributed by atoms with E-state index in [1.165, 1.54) is 0 Å². The normalized spacial score (nSPS) is 13.1. The summed E-state index contributed by atoms with van der Waals surface area (Å²) in [4.78, 5) is 1.92. The number of aliphatic hydroxyl groups excluding tert-OH is 2. The van der Waals surface area contributed by atoms with Crippen LogP contribution in [-0.2, 0) is 6.54 Å². The predicted molar refractivity (Wildman–Crippen MR) is 60.3 cm³/mol. The SMILES string of the molecule is CN(Cc1ccccc1N)CC(O)CO. The quantitative estimate of drug-likeness (QED) is 0.601. The maximum atomic E-state index is 9.25. The molecule has 84 valence electrons. The number of para-hydroxylation sites is 1. The number of nitrogens with zero attached hydrogens (tertiary/aromatic N) is 1. The molecule has 4 nitrogen and oxygen atoms in total. The first-order chi connectivity index (χ1) is 7.13. The summed E-state index contributed by atoms with van der Waals surface area (Å²) in [6, 6.07) is 7.63. The van der Waals surface area contributed by atoms with Gasteiger partial charge in [-0.25, -0.2) is 0 Å². The van der Waals surface area contributed by atoms with E-state index in [1.807, 2.05) is 36.2 Å². The van der Waals surface area contributed by atoms with Crippen LogP contribution in [0.5, 0.6) is 0 Å². The van der Waals surface area contributed by atoms with E-state index in [2.05, 4.69) is 0 Å². The van der Waals surface area contributed by atoms with Crippen LogP contribution < -0.4 is 5.73 Å². The second-order valence-corrected chi connectivity index (χ2v) is 3.73. The van der Waals surface area contributed by atoms with Gasteiger partial charge in [0.15, 0.2) is 0 Å². The Hall–Kier alpha value is -1.10. The van der Waals surface area contributed by atoms with Crippen LogP contribution in [0.25, 0.3) is 0 Å². The maximum Gasteiger partial charge on any atom is 0.0897 e. The summed E-state index contributed by atoms with van der Waals surface area (Å²) in [7, 11) is 1.88. The fourth-order valence-corrected chi connectivity index (χ4v) is 1.45. The van der Waals surface area contributed by atoms with Crippen molar-refractivity contribution in [2.24, 2.45) is 0 Å². The summed E-state index contributed by atoms with van der Waals surface area (Å²) >= 11 is 0. The molecule has 0 radical (unpaired) electrons. The van der Waals surface area contributed by atoms with Gasteiger partial charge in [0, 0.05) is 18.8 Å². The van der Waals surface area contributed by atoms with Crippen molar-refractivity contribution in [3.05, 3.63) is 29.8 Å². The molecule has 0 amide bonds. The molecule has 0 spiro atoms. The molecule has 4 N–H and O–H groups in total. The van der Waals surface area contributed by atoms with Crippen molar-refractivity contribution in [3.8, 4) is 0 Å². The highest BCUT2D eigenvalue weighted by Gasteiger charge is 2.08. The molecule has 0 saturated heterocycles. The van der Waals surface area contributed by atoms with Crippen LogP contribution in [0.4, 0.5) is 5.69 Å². The van der Waals surface area contributed by atoms with E-state index in [-0.39, 0.29) is 6.61 Å². The van der Waals surface area contributed by atoms with E-state index in [1.54, 1.807) is 0 Å². The van der Waals surface area contributed by atoms with Crippen LogP contribution in [0.2, 0.25) is 0 Å². The number of nitrogen functional groups attached to an aromatic ring is 1. The molecule has 0 aliphatic carbocycles. The third-order valence-electron chi connectivity index (χ3n) is 2.23. The lowest BCUT2D eigenvalue weighted by molar-refractivity contribution is 0.0648. The van der Waals surface area contributed by atoms with Crippen molar-refractivity contribution >= 4 is 5.69 Å². The molecule has 0 fully saturated rings. The average molecular weight is 210 g/mol. The average Bonchev–Trinajstić information content (AvgIpc) is 2.21. The Morgan fingerprint density at radius 1 is 1.40 bits per heavy atom. The molecule has 0 aromatic heterocycles. The lowest BCUT2D eigenvalue weighted by atomic mass is 10.1. The van der Waals surface area contributed by atoms with Crippen molar-refractivity contribution in [3.63, 3.8) is 0 Å². The fourth-order valence-electron chi connectivity index (χ4n) is 1.45. The highest BCUT2D eigenvalue weighted by Crippen LogP contribution is 2.12. The lowest BCUT2D eigenvalue weighted by Gasteiger charge is -2.20. The number of rotatable bonds is 5. The summed E-state index contributed by atoms with van der Waals surface area (Å²) in [5.74, 6) is 0. The van der Waals surface area contributed by atoms with Gasteiger partial charge in [-0.3, -0.25) is 4.90 Å². The molecule has 0 heterocycles. The second-order valence-electron chi connectivity index (χ2n) is 3.73. The standard InChI is InChI=1S/C11H18N2O2/c1-13(7-10(15)8-14)6-9-4-2-3-5-11(9)12/h2-5,10,14-15H,6-8,12H2,1H3. The number of nitrogens with two attached hydrogens (primary N) is 1. The summed E-state index contributed by atoms with van der Waals surface area (Å²) < 4.78 is 0. The monoisotopic (exact) mass is 210 g/mol. The minimum Gasteiger partial charge on any atom is -0.398 e. The molecular weight excluding hydrogens is 192 g/mol. The largest absolute Gasteiger partial charge is 0.398 e. The minimum absolute atomic E-state index is 0.214. The van der Waals surface area contributed by atoms with Gasteiger partial charge in [0.05, 0.1) is 12.7 Å². The highest BCUT2D eigenvalue weighted by atomic mass is 16.3. The molecule has 0 bridgehead atoms.